The first-order valence-electron chi connectivity index (χ1n) is 5.92. The van der Waals surface area contributed by atoms with E-state index in [4.69, 9.17) is 18.0 Å². The fraction of sp³-hybridized carbons (Fsp3) is 0.727. The summed E-state index contributed by atoms with van der Waals surface area (Å²) in [5.74, 6) is 0.00559. The molecule has 6 heteroatoms. The van der Waals surface area contributed by atoms with Crippen LogP contribution in [-0.4, -0.2) is 41.3 Å². The van der Waals surface area contributed by atoms with Crippen LogP contribution in [0, 0.1) is 5.41 Å². The Balaban J connectivity index is 2.08. The van der Waals surface area contributed by atoms with E-state index < -0.39 is 5.41 Å². The summed E-state index contributed by atoms with van der Waals surface area (Å²) in [6.45, 7) is 1.53. The molecule has 0 spiro atoms. The largest absolute Gasteiger partial charge is 0.392 e. The van der Waals surface area contributed by atoms with Crippen molar-refractivity contribution in [3.8, 4) is 0 Å². The highest BCUT2D eigenvalue weighted by Crippen LogP contribution is 2.42. The number of amides is 2. The van der Waals surface area contributed by atoms with Gasteiger partial charge in [-0.1, -0.05) is 18.6 Å². The van der Waals surface area contributed by atoms with Gasteiger partial charge in [0.2, 0.25) is 11.8 Å². The minimum atomic E-state index is -0.622. The Labute approximate surface area is 106 Å². The first-order chi connectivity index (χ1) is 8.06. The lowest BCUT2D eigenvalue weighted by molar-refractivity contribution is -0.141. The molecule has 0 aromatic carbocycles. The second kappa shape index (κ2) is 4.60. The Morgan fingerprint density at radius 2 is 2.12 bits per heavy atom. The maximum Gasteiger partial charge on any atom is 0.235 e. The number of carbonyl (C=O) groups is 2. The summed E-state index contributed by atoms with van der Waals surface area (Å²) in [4.78, 5) is 25.7. The molecule has 1 aliphatic carbocycles. The molecule has 0 bridgehead atoms. The third-order valence-electron chi connectivity index (χ3n) is 3.69. The van der Waals surface area contributed by atoms with E-state index in [-0.39, 0.29) is 11.8 Å². The van der Waals surface area contributed by atoms with Crippen LogP contribution in [-0.2, 0) is 9.59 Å². The molecule has 17 heavy (non-hydrogen) atoms. The number of carbonyl (C=O) groups excluding carboxylic acids is 2. The predicted octanol–water partition coefficient (Wildman–Crippen LogP) is -0.209. The van der Waals surface area contributed by atoms with Gasteiger partial charge in [0.25, 0.3) is 0 Å². The van der Waals surface area contributed by atoms with Crippen LogP contribution in [0.15, 0.2) is 0 Å². The fourth-order valence-corrected chi connectivity index (χ4v) is 2.66. The van der Waals surface area contributed by atoms with E-state index >= 15 is 0 Å². The SMILES string of the molecule is NC(=S)C1(C(=O)N2CCNC(=O)CC2)CCC1. The van der Waals surface area contributed by atoms with Gasteiger partial charge in [-0.3, -0.25) is 9.59 Å². The number of thiocarbonyl (C=S) groups is 1. The van der Waals surface area contributed by atoms with E-state index in [1.54, 1.807) is 4.90 Å². The van der Waals surface area contributed by atoms with Crippen molar-refractivity contribution in [2.75, 3.05) is 19.6 Å². The van der Waals surface area contributed by atoms with E-state index in [0.29, 0.717) is 31.0 Å². The number of nitrogens with zero attached hydrogens (tertiary/aromatic N) is 1. The summed E-state index contributed by atoms with van der Waals surface area (Å²) < 4.78 is 0. The number of nitrogens with one attached hydrogen (secondary N) is 1. The topological polar surface area (TPSA) is 75.4 Å². The molecule has 1 saturated heterocycles. The van der Waals surface area contributed by atoms with Gasteiger partial charge < -0.3 is 16.0 Å². The molecule has 0 aromatic heterocycles. The monoisotopic (exact) mass is 255 g/mol. The maximum absolute atomic E-state index is 12.4. The number of nitrogens with two attached hydrogens (primary N) is 1. The van der Waals surface area contributed by atoms with Crippen LogP contribution in [0.4, 0.5) is 0 Å². The predicted molar refractivity (Wildman–Crippen MR) is 67.3 cm³/mol. The van der Waals surface area contributed by atoms with E-state index in [9.17, 15) is 9.59 Å². The van der Waals surface area contributed by atoms with Crippen LogP contribution in [0.3, 0.4) is 0 Å². The van der Waals surface area contributed by atoms with E-state index in [1.807, 2.05) is 0 Å². The van der Waals surface area contributed by atoms with Crippen molar-refractivity contribution in [1.29, 1.82) is 0 Å². The highest BCUT2D eigenvalue weighted by atomic mass is 32.1. The summed E-state index contributed by atoms with van der Waals surface area (Å²) in [6.07, 6.45) is 2.85. The highest BCUT2D eigenvalue weighted by molar-refractivity contribution is 7.80. The average Bonchev–Trinajstić information content (AvgIpc) is 2.40. The van der Waals surface area contributed by atoms with Crippen molar-refractivity contribution in [2.45, 2.75) is 25.7 Å². The van der Waals surface area contributed by atoms with Gasteiger partial charge in [-0.25, -0.2) is 0 Å². The third-order valence-corrected chi connectivity index (χ3v) is 4.08. The van der Waals surface area contributed by atoms with E-state index in [2.05, 4.69) is 5.32 Å². The van der Waals surface area contributed by atoms with Crippen molar-refractivity contribution in [1.82, 2.24) is 10.2 Å². The molecule has 0 unspecified atom stereocenters. The van der Waals surface area contributed by atoms with Gasteiger partial charge >= 0.3 is 0 Å². The summed E-state index contributed by atoms with van der Waals surface area (Å²) in [7, 11) is 0. The molecule has 94 valence electrons. The molecule has 1 saturated carbocycles. The lowest BCUT2D eigenvalue weighted by Crippen LogP contribution is -2.55. The second-order valence-electron chi connectivity index (χ2n) is 4.69. The number of hydrogen-bond donors (Lipinski definition) is 2. The Kier molecular flexibility index (Phi) is 3.33. The van der Waals surface area contributed by atoms with Gasteiger partial charge in [-0.2, -0.15) is 0 Å². The van der Waals surface area contributed by atoms with Crippen molar-refractivity contribution in [3.05, 3.63) is 0 Å². The summed E-state index contributed by atoms with van der Waals surface area (Å²) in [5.41, 5.74) is 5.09. The van der Waals surface area contributed by atoms with Gasteiger partial charge in [0.05, 0.1) is 10.4 Å². The minimum Gasteiger partial charge on any atom is -0.392 e. The molecule has 1 heterocycles. The molecule has 2 amide bonds. The molecule has 5 nitrogen and oxygen atoms in total. The second-order valence-corrected chi connectivity index (χ2v) is 5.13. The third kappa shape index (κ3) is 2.13. The normalized spacial score (nSPS) is 23.3. The van der Waals surface area contributed by atoms with Crippen molar-refractivity contribution in [2.24, 2.45) is 11.1 Å². The maximum atomic E-state index is 12.4. The zero-order chi connectivity index (χ0) is 12.5. The zero-order valence-corrected chi connectivity index (χ0v) is 10.5. The minimum absolute atomic E-state index is 0.00159. The summed E-state index contributed by atoms with van der Waals surface area (Å²) in [5, 5.41) is 2.75. The Morgan fingerprint density at radius 1 is 1.41 bits per heavy atom. The molecule has 0 atom stereocenters. The molecule has 0 radical (unpaired) electrons. The lowest BCUT2D eigenvalue weighted by Gasteiger charge is -2.42. The molecule has 3 N–H and O–H groups in total. The van der Waals surface area contributed by atoms with Gasteiger partial charge in [-0.05, 0) is 12.8 Å². The quantitative estimate of drug-likeness (QED) is 0.670. The summed E-state index contributed by atoms with van der Waals surface area (Å²) >= 11 is 5.03. The van der Waals surface area contributed by atoms with E-state index in [1.165, 1.54) is 0 Å². The van der Waals surface area contributed by atoms with Gasteiger partial charge in [0.1, 0.15) is 0 Å². The summed E-state index contributed by atoms with van der Waals surface area (Å²) in [6, 6.07) is 0. The number of rotatable bonds is 2. The van der Waals surface area contributed by atoms with Crippen molar-refractivity contribution < 1.29 is 9.59 Å². The van der Waals surface area contributed by atoms with Crippen LogP contribution in [0.2, 0.25) is 0 Å². The van der Waals surface area contributed by atoms with Crippen LogP contribution in [0.5, 0.6) is 0 Å². The molecule has 1 aliphatic heterocycles. The molecular weight excluding hydrogens is 238 g/mol. The lowest BCUT2D eigenvalue weighted by atomic mass is 9.67. The van der Waals surface area contributed by atoms with Gasteiger partial charge in [0.15, 0.2) is 0 Å². The molecular formula is C11H17N3O2S. The highest BCUT2D eigenvalue weighted by Gasteiger charge is 2.48. The molecule has 0 aromatic rings. The zero-order valence-electron chi connectivity index (χ0n) is 9.70. The van der Waals surface area contributed by atoms with Crippen LogP contribution in [0.1, 0.15) is 25.7 Å². The molecule has 2 fully saturated rings. The fourth-order valence-electron chi connectivity index (χ4n) is 2.37. The Morgan fingerprint density at radius 3 is 2.65 bits per heavy atom. The number of hydrogen-bond acceptors (Lipinski definition) is 3. The molecule has 2 rings (SSSR count). The Hall–Kier alpha value is -1.17. The Bertz CT molecular complexity index is 366. The van der Waals surface area contributed by atoms with Crippen LogP contribution < -0.4 is 11.1 Å². The van der Waals surface area contributed by atoms with Crippen LogP contribution in [0.25, 0.3) is 0 Å². The van der Waals surface area contributed by atoms with Crippen LogP contribution >= 0.6 is 12.2 Å². The first kappa shape index (κ1) is 12.3. The van der Waals surface area contributed by atoms with Gasteiger partial charge in [-0.15, -0.1) is 0 Å². The standard InChI is InChI=1S/C11H17N3O2S/c12-9(17)11(3-1-4-11)10(16)14-6-2-8(15)13-5-7-14/h1-7H2,(H2,12,17)(H,13,15). The average molecular weight is 255 g/mol. The van der Waals surface area contributed by atoms with Crippen molar-refractivity contribution in [3.63, 3.8) is 0 Å². The molecule has 2 aliphatic rings. The first-order valence-corrected chi connectivity index (χ1v) is 6.33. The van der Waals surface area contributed by atoms with E-state index in [0.717, 1.165) is 19.3 Å². The van der Waals surface area contributed by atoms with Gasteiger partial charge in [0, 0.05) is 26.1 Å². The smallest absolute Gasteiger partial charge is 0.235 e. The van der Waals surface area contributed by atoms with Crippen molar-refractivity contribution >= 4 is 29.0 Å².